The number of esters is 1. The zero-order valence-corrected chi connectivity index (χ0v) is 14.5. The summed E-state index contributed by atoms with van der Waals surface area (Å²) in [6.07, 6.45) is 0.962. The molecule has 25 heavy (non-hydrogen) atoms. The second-order valence-electron chi connectivity index (χ2n) is 5.80. The van der Waals surface area contributed by atoms with Crippen LogP contribution in [-0.2, 0) is 11.3 Å². The van der Waals surface area contributed by atoms with Gasteiger partial charge in [0, 0.05) is 32.5 Å². The van der Waals surface area contributed by atoms with Gasteiger partial charge in [-0.1, -0.05) is 30.3 Å². The van der Waals surface area contributed by atoms with Crippen molar-refractivity contribution in [2.45, 2.75) is 25.5 Å². The molecule has 1 aliphatic heterocycles. The van der Waals surface area contributed by atoms with Crippen LogP contribution in [0.3, 0.4) is 0 Å². The first-order chi connectivity index (χ1) is 12.1. The van der Waals surface area contributed by atoms with E-state index in [9.17, 15) is 9.59 Å². The quantitative estimate of drug-likeness (QED) is 0.798. The van der Waals surface area contributed by atoms with Crippen LogP contribution in [0.4, 0.5) is 9.80 Å². The lowest BCUT2D eigenvalue weighted by atomic mass is 10.1. The van der Waals surface area contributed by atoms with E-state index in [1.54, 1.807) is 10.4 Å². The third-order valence-corrected chi connectivity index (χ3v) is 4.87. The first-order valence-electron chi connectivity index (χ1n) is 8.10. The van der Waals surface area contributed by atoms with Crippen molar-refractivity contribution < 1.29 is 14.3 Å². The zero-order chi connectivity index (χ0) is 17.6. The number of carbonyl (C=O) groups is 2. The van der Waals surface area contributed by atoms with Gasteiger partial charge in [0.25, 0.3) is 0 Å². The Bertz CT molecular complexity index is 727. The first-order valence-corrected chi connectivity index (χ1v) is 8.98. The second-order valence-corrected chi connectivity index (χ2v) is 6.65. The van der Waals surface area contributed by atoms with Gasteiger partial charge in [-0.3, -0.25) is 0 Å². The summed E-state index contributed by atoms with van der Waals surface area (Å²) in [5.74, 6) is -0.436. The SMILES string of the molecule is NC(=O)N1CCC(OC(=O)c2ncsc2NCc2ccccc2)CC1. The Morgan fingerprint density at radius 1 is 1.28 bits per heavy atom. The largest absolute Gasteiger partial charge is 0.457 e. The topological polar surface area (TPSA) is 97.5 Å². The number of nitrogens with two attached hydrogens (primary N) is 1. The fraction of sp³-hybridized carbons (Fsp3) is 0.353. The van der Waals surface area contributed by atoms with Crippen molar-refractivity contribution in [3.63, 3.8) is 0 Å². The normalized spacial score (nSPS) is 15.0. The van der Waals surface area contributed by atoms with Gasteiger partial charge in [0.05, 0.1) is 5.51 Å². The summed E-state index contributed by atoms with van der Waals surface area (Å²) in [6, 6.07) is 9.49. The Labute approximate surface area is 149 Å². The van der Waals surface area contributed by atoms with Gasteiger partial charge in [0.1, 0.15) is 11.1 Å². The second kappa shape index (κ2) is 7.98. The monoisotopic (exact) mass is 360 g/mol. The predicted octanol–water partition coefficient (Wildman–Crippen LogP) is 2.46. The number of rotatable bonds is 5. The van der Waals surface area contributed by atoms with Gasteiger partial charge >= 0.3 is 12.0 Å². The van der Waals surface area contributed by atoms with Crippen LogP contribution in [0, 0.1) is 0 Å². The van der Waals surface area contributed by atoms with Gasteiger partial charge in [-0.15, -0.1) is 11.3 Å². The molecule has 3 rings (SSSR count). The van der Waals surface area contributed by atoms with E-state index >= 15 is 0 Å². The standard InChI is InChI=1S/C17H20N4O3S/c18-17(23)21-8-6-13(7-9-21)24-16(22)14-15(25-11-20-14)19-10-12-4-2-1-3-5-12/h1-5,11,13,19H,6-10H2,(H2,18,23). The van der Waals surface area contributed by atoms with Crippen molar-refractivity contribution in [3.8, 4) is 0 Å². The maximum Gasteiger partial charge on any atom is 0.360 e. The molecule has 2 heterocycles. The Balaban J connectivity index is 1.55. The van der Waals surface area contributed by atoms with Crippen molar-refractivity contribution in [2.75, 3.05) is 18.4 Å². The van der Waals surface area contributed by atoms with Crippen molar-refractivity contribution in [1.29, 1.82) is 0 Å². The van der Waals surface area contributed by atoms with E-state index in [0.717, 1.165) is 5.56 Å². The van der Waals surface area contributed by atoms with E-state index in [0.29, 0.717) is 43.2 Å². The molecule has 1 aromatic carbocycles. The first kappa shape index (κ1) is 17.2. The van der Waals surface area contributed by atoms with E-state index in [1.165, 1.54) is 11.3 Å². The molecule has 8 heteroatoms. The molecule has 0 aliphatic carbocycles. The molecule has 1 aliphatic rings. The van der Waals surface area contributed by atoms with Crippen molar-refractivity contribution in [2.24, 2.45) is 5.73 Å². The molecule has 1 saturated heterocycles. The predicted molar refractivity (Wildman–Crippen MR) is 95.5 cm³/mol. The number of hydrogen-bond acceptors (Lipinski definition) is 6. The van der Waals surface area contributed by atoms with Gasteiger partial charge in [-0.05, 0) is 5.56 Å². The summed E-state index contributed by atoms with van der Waals surface area (Å²) in [7, 11) is 0. The zero-order valence-electron chi connectivity index (χ0n) is 13.7. The number of urea groups is 1. The molecule has 0 atom stereocenters. The summed E-state index contributed by atoms with van der Waals surface area (Å²) in [5, 5.41) is 3.93. The van der Waals surface area contributed by atoms with Crippen LogP contribution >= 0.6 is 11.3 Å². The molecule has 0 spiro atoms. The maximum absolute atomic E-state index is 12.4. The van der Waals surface area contributed by atoms with E-state index < -0.39 is 12.0 Å². The molecular weight excluding hydrogens is 340 g/mol. The fourth-order valence-corrected chi connectivity index (χ4v) is 3.36. The number of carbonyl (C=O) groups excluding carboxylic acids is 2. The van der Waals surface area contributed by atoms with Crippen LogP contribution in [0.5, 0.6) is 0 Å². The summed E-state index contributed by atoms with van der Waals surface area (Å²) in [6.45, 7) is 1.62. The van der Waals surface area contributed by atoms with E-state index in [4.69, 9.17) is 10.5 Å². The lowest BCUT2D eigenvalue weighted by Gasteiger charge is -2.30. The molecule has 0 bridgehead atoms. The van der Waals surface area contributed by atoms with Gasteiger partial charge in [-0.2, -0.15) is 0 Å². The van der Waals surface area contributed by atoms with Crippen molar-refractivity contribution in [1.82, 2.24) is 9.88 Å². The number of amides is 2. The van der Waals surface area contributed by atoms with Crippen LogP contribution in [0.15, 0.2) is 35.8 Å². The molecule has 1 fully saturated rings. The number of hydrogen-bond donors (Lipinski definition) is 2. The van der Waals surface area contributed by atoms with Crippen LogP contribution in [0.2, 0.25) is 0 Å². The van der Waals surface area contributed by atoms with Gasteiger partial charge in [-0.25, -0.2) is 14.6 Å². The minimum absolute atomic E-state index is 0.216. The van der Waals surface area contributed by atoms with Crippen LogP contribution in [-0.4, -0.2) is 41.1 Å². The molecule has 3 N–H and O–H groups in total. The smallest absolute Gasteiger partial charge is 0.360 e. The lowest BCUT2D eigenvalue weighted by molar-refractivity contribution is 0.0151. The Morgan fingerprint density at radius 2 is 2.00 bits per heavy atom. The highest BCUT2D eigenvalue weighted by atomic mass is 32.1. The molecule has 0 unspecified atom stereocenters. The molecule has 2 aromatic rings. The van der Waals surface area contributed by atoms with Crippen LogP contribution in [0.25, 0.3) is 0 Å². The molecule has 0 saturated carbocycles. The minimum atomic E-state index is -0.436. The number of ether oxygens (including phenoxy) is 1. The lowest BCUT2D eigenvalue weighted by Crippen LogP contribution is -2.44. The number of nitrogens with one attached hydrogen (secondary N) is 1. The highest BCUT2D eigenvalue weighted by molar-refractivity contribution is 7.14. The molecule has 1 aromatic heterocycles. The molecular formula is C17H20N4O3S. The highest BCUT2D eigenvalue weighted by Gasteiger charge is 2.26. The number of piperidine rings is 1. The Hall–Kier alpha value is -2.61. The van der Waals surface area contributed by atoms with Crippen molar-refractivity contribution in [3.05, 3.63) is 47.1 Å². The van der Waals surface area contributed by atoms with Crippen LogP contribution < -0.4 is 11.1 Å². The third kappa shape index (κ3) is 4.48. The Morgan fingerprint density at radius 3 is 2.68 bits per heavy atom. The Kier molecular flexibility index (Phi) is 5.49. The van der Waals surface area contributed by atoms with Crippen LogP contribution in [0.1, 0.15) is 28.9 Å². The van der Waals surface area contributed by atoms with E-state index in [2.05, 4.69) is 10.3 Å². The fourth-order valence-electron chi connectivity index (χ4n) is 2.70. The number of anilines is 1. The number of thiazole rings is 1. The number of nitrogens with zero attached hydrogens (tertiary/aromatic N) is 2. The van der Waals surface area contributed by atoms with E-state index in [1.807, 2.05) is 30.3 Å². The number of benzene rings is 1. The van der Waals surface area contributed by atoms with Gasteiger partial charge < -0.3 is 20.7 Å². The maximum atomic E-state index is 12.4. The molecule has 132 valence electrons. The summed E-state index contributed by atoms with van der Waals surface area (Å²) >= 11 is 1.37. The average Bonchev–Trinajstić information content (AvgIpc) is 3.10. The highest BCUT2D eigenvalue weighted by Crippen LogP contribution is 2.23. The molecule has 0 radical (unpaired) electrons. The molecule has 2 amide bonds. The number of likely N-dealkylation sites (tertiary alicyclic amines) is 1. The minimum Gasteiger partial charge on any atom is -0.457 e. The summed E-state index contributed by atoms with van der Waals surface area (Å²) < 4.78 is 5.54. The number of primary amides is 1. The average molecular weight is 360 g/mol. The summed E-state index contributed by atoms with van der Waals surface area (Å²) in [4.78, 5) is 29.2. The third-order valence-electron chi connectivity index (χ3n) is 4.08. The van der Waals surface area contributed by atoms with Crippen molar-refractivity contribution >= 4 is 28.3 Å². The van der Waals surface area contributed by atoms with E-state index in [-0.39, 0.29) is 6.10 Å². The van der Waals surface area contributed by atoms with Gasteiger partial charge in [0.15, 0.2) is 5.69 Å². The number of aromatic nitrogens is 1. The molecule has 7 nitrogen and oxygen atoms in total. The van der Waals surface area contributed by atoms with Gasteiger partial charge in [0.2, 0.25) is 0 Å². The summed E-state index contributed by atoms with van der Waals surface area (Å²) in [5.41, 5.74) is 8.30.